The summed E-state index contributed by atoms with van der Waals surface area (Å²) in [5.74, 6) is 0.627. The summed E-state index contributed by atoms with van der Waals surface area (Å²) in [6.07, 6.45) is 0. The van der Waals surface area contributed by atoms with Gasteiger partial charge in [-0.25, -0.2) is 0 Å². The van der Waals surface area contributed by atoms with E-state index < -0.39 is 0 Å². The van der Waals surface area contributed by atoms with Crippen molar-refractivity contribution in [2.24, 2.45) is 0 Å². The van der Waals surface area contributed by atoms with Gasteiger partial charge >= 0.3 is 18.9 Å². The Morgan fingerprint density at radius 2 is 1.91 bits per heavy atom. The zero-order chi connectivity index (χ0) is 7.56. The Morgan fingerprint density at radius 3 is 2.36 bits per heavy atom. The molecule has 0 N–H and O–H groups in total. The summed E-state index contributed by atoms with van der Waals surface area (Å²) in [6.45, 7) is 1.86. The van der Waals surface area contributed by atoms with Crippen LogP contribution in [0.4, 0.5) is 0 Å². The predicted molar refractivity (Wildman–Crippen MR) is 37.2 cm³/mol. The van der Waals surface area contributed by atoms with Crippen LogP contribution in [0.3, 0.4) is 0 Å². The quantitative estimate of drug-likeness (QED) is 0.430. The van der Waals surface area contributed by atoms with Gasteiger partial charge in [0.15, 0.2) is 0 Å². The van der Waals surface area contributed by atoms with Crippen LogP contribution in [0.1, 0.15) is 5.56 Å². The topological polar surface area (TPSA) is 32.3 Å². The van der Waals surface area contributed by atoms with Gasteiger partial charge in [-0.05, 0) is 24.6 Å². The Labute approximate surface area is 78.4 Å². The normalized spacial score (nSPS) is 8.55. The van der Waals surface area contributed by atoms with Crippen molar-refractivity contribution in [3.63, 3.8) is 0 Å². The largest absolute Gasteiger partial charge is 1.00 e. The molecule has 1 aromatic carbocycles. The third-order valence-electron chi connectivity index (χ3n) is 1.26. The van der Waals surface area contributed by atoms with Crippen molar-refractivity contribution in [3.8, 4) is 11.5 Å². The fraction of sp³-hybridized carbons (Fsp3) is 0.250. The molecular weight excluding hydrogens is 135 g/mol. The molecule has 54 valence electrons. The smallest absolute Gasteiger partial charge is 0.872 e. The second kappa shape index (κ2) is 4.33. The van der Waals surface area contributed by atoms with Gasteiger partial charge in [0.25, 0.3) is 0 Å². The maximum atomic E-state index is 10.8. The average Bonchev–Trinajstić information content (AvgIpc) is 1.85. The zero-order valence-corrected chi connectivity index (χ0v) is 7.05. The minimum absolute atomic E-state index is 0. The van der Waals surface area contributed by atoms with Gasteiger partial charge in [-0.1, -0.05) is 6.07 Å². The van der Waals surface area contributed by atoms with E-state index in [1.54, 1.807) is 13.2 Å². The number of ether oxygens (including phenoxy) is 1. The van der Waals surface area contributed by atoms with Crippen molar-refractivity contribution in [1.29, 1.82) is 0 Å². The molecule has 1 aromatic rings. The van der Waals surface area contributed by atoms with Crippen LogP contribution in [0.2, 0.25) is 0 Å². The van der Waals surface area contributed by atoms with Gasteiger partial charge in [-0.2, -0.15) is 0 Å². The summed E-state index contributed by atoms with van der Waals surface area (Å²) >= 11 is 0. The number of benzene rings is 1. The van der Waals surface area contributed by atoms with Crippen LogP contribution in [0.25, 0.3) is 0 Å². The summed E-state index contributed by atoms with van der Waals surface area (Å²) in [5, 5.41) is 10.8. The summed E-state index contributed by atoms with van der Waals surface area (Å²) in [5.41, 5.74) is 0.935. The van der Waals surface area contributed by atoms with Crippen molar-refractivity contribution < 1.29 is 28.7 Å². The van der Waals surface area contributed by atoms with Crippen LogP contribution in [0.5, 0.6) is 11.5 Å². The molecule has 0 bridgehead atoms. The molecule has 0 spiro atoms. The van der Waals surface area contributed by atoms with Crippen molar-refractivity contribution in [2.45, 2.75) is 6.92 Å². The van der Waals surface area contributed by atoms with Gasteiger partial charge in [0, 0.05) is 0 Å². The van der Waals surface area contributed by atoms with Gasteiger partial charge in [0.1, 0.15) is 5.75 Å². The molecule has 11 heavy (non-hydrogen) atoms. The maximum Gasteiger partial charge on any atom is 1.00 e. The third kappa shape index (κ3) is 2.88. The molecule has 0 saturated carbocycles. The molecule has 0 amide bonds. The van der Waals surface area contributed by atoms with E-state index in [1.807, 2.05) is 13.0 Å². The summed E-state index contributed by atoms with van der Waals surface area (Å²) in [7, 11) is 1.55. The molecule has 2 nitrogen and oxygen atoms in total. The monoisotopic (exact) mass is 144 g/mol. The first-order valence-electron chi connectivity index (χ1n) is 3.05. The number of hydrogen-bond acceptors (Lipinski definition) is 2. The molecule has 1 rings (SSSR count). The molecular formula is C8H9LiO2. The Kier molecular flexibility index (Phi) is 4.10. The number of aryl methyl sites for hydroxylation is 1. The van der Waals surface area contributed by atoms with Gasteiger partial charge in [-0.15, -0.1) is 5.75 Å². The molecule has 0 aromatic heterocycles. The minimum atomic E-state index is -0.00292. The van der Waals surface area contributed by atoms with E-state index >= 15 is 0 Å². The molecule has 3 heteroatoms. The van der Waals surface area contributed by atoms with Gasteiger partial charge in [0.05, 0.1) is 7.11 Å². The third-order valence-corrected chi connectivity index (χ3v) is 1.26. The molecule has 0 atom stereocenters. The predicted octanol–water partition coefficient (Wildman–Crippen LogP) is -1.92. The Bertz CT molecular complexity index is 215. The Morgan fingerprint density at radius 1 is 1.27 bits per heavy atom. The fourth-order valence-electron chi connectivity index (χ4n) is 0.832. The van der Waals surface area contributed by atoms with Crippen molar-refractivity contribution in [2.75, 3.05) is 7.11 Å². The summed E-state index contributed by atoms with van der Waals surface area (Å²) in [4.78, 5) is 0. The number of rotatable bonds is 1. The zero-order valence-electron chi connectivity index (χ0n) is 7.05. The van der Waals surface area contributed by atoms with Crippen LogP contribution >= 0.6 is 0 Å². The number of methoxy groups -OCH3 is 1. The molecule has 0 aliphatic rings. The van der Waals surface area contributed by atoms with Crippen molar-refractivity contribution in [3.05, 3.63) is 23.8 Å². The fourth-order valence-corrected chi connectivity index (χ4v) is 0.832. The number of hydrogen-bond donors (Lipinski definition) is 0. The molecule has 0 unspecified atom stereocenters. The average molecular weight is 144 g/mol. The van der Waals surface area contributed by atoms with Crippen LogP contribution < -0.4 is 28.7 Å². The molecule has 0 aliphatic carbocycles. The first-order chi connectivity index (χ1) is 4.72. The molecule has 0 saturated heterocycles. The van der Waals surface area contributed by atoms with E-state index in [2.05, 4.69) is 0 Å². The van der Waals surface area contributed by atoms with E-state index in [1.165, 1.54) is 6.07 Å². The Balaban J connectivity index is 0.000001000. The SMILES string of the molecule is COc1cc(C)cc([O-])c1.[Li+]. The van der Waals surface area contributed by atoms with E-state index in [9.17, 15) is 5.11 Å². The molecule has 0 heterocycles. The van der Waals surface area contributed by atoms with Crippen LogP contribution in [-0.4, -0.2) is 7.11 Å². The summed E-state index contributed by atoms with van der Waals surface area (Å²) in [6, 6.07) is 4.86. The standard InChI is InChI=1S/C8H10O2.Li/c1-6-3-7(9)5-8(4-6)10-2;/h3-5,9H,1-2H3;/q;+1/p-1. The first-order valence-corrected chi connectivity index (χ1v) is 3.05. The van der Waals surface area contributed by atoms with Gasteiger partial charge < -0.3 is 9.84 Å². The van der Waals surface area contributed by atoms with Crippen molar-refractivity contribution in [1.82, 2.24) is 0 Å². The summed E-state index contributed by atoms with van der Waals surface area (Å²) < 4.78 is 4.88. The second-order valence-corrected chi connectivity index (χ2v) is 2.19. The van der Waals surface area contributed by atoms with E-state index in [0.717, 1.165) is 5.56 Å². The molecule has 0 fully saturated rings. The van der Waals surface area contributed by atoms with Crippen molar-refractivity contribution >= 4 is 0 Å². The van der Waals surface area contributed by atoms with E-state index in [0.29, 0.717) is 5.75 Å². The van der Waals surface area contributed by atoms with Gasteiger partial charge in [0.2, 0.25) is 0 Å². The maximum absolute atomic E-state index is 10.8. The second-order valence-electron chi connectivity index (χ2n) is 2.19. The molecule has 0 radical (unpaired) electrons. The first kappa shape index (κ1) is 10.4. The molecule has 0 aliphatic heterocycles. The van der Waals surface area contributed by atoms with E-state index in [-0.39, 0.29) is 24.6 Å². The van der Waals surface area contributed by atoms with Gasteiger partial charge in [-0.3, -0.25) is 0 Å². The van der Waals surface area contributed by atoms with Crippen LogP contribution in [0.15, 0.2) is 18.2 Å². The minimum Gasteiger partial charge on any atom is -0.872 e. The van der Waals surface area contributed by atoms with Crippen LogP contribution in [-0.2, 0) is 0 Å². The van der Waals surface area contributed by atoms with Crippen LogP contribution in [0, 0.1) is 6.92 Å². The Hall–Kier alpha value is -0.583. The van der Waals surface area contributed by atoms with E-state index in [4.69, 9.17) is 4.74 Å².